The summed E-state index contributed by atoms with van der Waals surface area (Å²) in [4.78, 5) is 34.9. The predicted octanol–water partition coefficient (Wildman–Crippen LogP) is 3.69. The topological polar surface area (TPSA) is 183 Å². The summed E-state index contributed by atoms with van der Waals surface area (Å²) in [6.45, 7) is 3.79. The second kappa shape index (κ2) is 15.2. The number of amides is 2. The van der Waals surface area contributed by atoms with E-state index in [2.05, 4.69) is 21.2 Å². The molecule has 1 aliphatic rings. The predicted molar refractivity (Wildman–Crippen MR) is 163 cm³/mol. The number of aliphatic hydroxyl groups excluding tert-OH is 1. The molecule has 0 radical (unpaired) electrons. The van der Waals surface area contributed by atoms with E-state index in [0.717, 1.165) is 5.56 Å². The Morgan fingerprint density at radius 1 is 1.11 bits per heavy atom. The molecular formula is C31H33N5O9. The van der Waals surface area contributed by atoms with Gasteiger partial charge in [-0.3, -0.25) is 15.5 Å². The molecule has 0 saturated carbocycles. The van der Waals surface area contributed by atoms with Gasteiger partial charge in [0.2, 0.25) is 0 Å². The monoisotopic (exact) mass is 619 g/mol. The van der Waals surface area contributed by atoms with Gasteiger partial charge in [-0.05, 0) is 66.9 Å². The number of benzene rings is 3. The summed E-state index contributed by atoms with van der Waals surface area (Å²) in [5.74, 6) is 0.677. The lowest BCUT2D eigenvalue weighted by molar-refractivity contribution is -0.384. The lowest BCUT2D eigenvalue weighted by atomic mass is 9.95. The van der Waals surface area contributed by atoms with Crippen molar-refractivity contribution in [1.82, 2.24) is 16.1 Å². The molecule has 3 aromatic carbocycles. The van der Waals surface area contributed by atoms with Crippen molar-refractivity contribution in [3.8, 4) is 17.2 Å². The molecule has 14 nitrogen and oxygen atoms in total. The Balaban J connectivity index is 1.34. The molecule has 1 aliphatic heterocycles. The first-order chi connectivity index (χ1) is 21.7. The molecule has 0 fully saturated rings. The number of nitro groups is 1. The number of methoxy groups -OCH3 is 1. The quantitative estimate of drug-likeness (QED) is 0.0683. The Hall–Kier alpha value is -5.63. The molecule has 14 heteroatoms. The lowest BCUT2D eigenvalue weighted by Gasteiger charge is -2.28. The minimum Gasteiger partial charge on any atom is -0.490 e. The van der Waals surface area contributed by atoms with Crippen LogP contribution in [0.5, 0.6) is 17.2 Å². The number of hydrogen-bond donors (Lipinski definition) is 4. The molecule has 45 heavy (non-hydrogen) atoms. The van der Waals surface area contributed by atoms with Crippen LogP contribution in [0, 0.1) is 10.1 Å². The number of ether oxygens (including phenoxy) is 4. The summed E-state index contributed by atoms with van der Waals surface area (Å²) in [5.41, 5.74) is 5.29. The van der Waals surface area contributed by atoms with E-state index in [4.69, 9.17) is 18.9 Å². The van der Waals surface area contributed by atoms with Crippen LogP contribution in [0.3, 0.4) is 0 Å². The fraction of sp³-hybridized carbons (Fsp3) is 0.258. The van der Waals surface area contributed by atoms with E-state index in [-0.39, 0.29) is 24.5 Å². The Morgan fingerprint density at radius 2 is 1.89 bits per heavy atom. The average molecular weight is 620 g/mol. The van der Waals surface area contributed by atoms with Crippen molar-refractivity contribution in [2.24, 2.45) is 5.10 Å². The number of esters is 1. The first-order valence-electron chi connectivity index (χ1n) is 13.9. The van der Waals surface area contributed by atoms with Crippen LogP contribution < -0.4 is 30.3 Å². The maximum atomic E-state index is 12.4. The molecule has 236 valence electrons. The zero-order valence-electron chi connectivity index (χ0n) is 24.8. The highest BCUT2D eigenvalue weighted by Gasteiger charge is 2.32. The van der Waals surface area contributed by atoms with Gasteiger partial charge >= 0.3 is 12.0 Å². The zero-order valence-corrected chi connectivity index (χ0v) is 24.8. The van der Waals surface area contributed by atoms with E-state index in [1.807, 2.05) is 0 Å². The number of allylic oxidation sites excluding steroid dienone is 1. The van der Waals surface area contributed by atoms with Crippen LogP contribution >= 0.6 is 0 Å². The van der Waals surface area contributed by atoms with E-state index >= 15 is 0 Å². The first kappa shape index (κ1) is 32.3. The molecule has 0 bridgehead atoms. The van der Waals surface area contributed by atoms with Crippen molar-refractivity contribution in [2.75, 3.05) is 20.3 Å². The van der Waals surface area contributed by atoms with E-state index < -0.39 is 29.2 Å². The number of nitro benzene ring substituents is 1. The number of hydrogen-bond acceptors (Lipinski definition) is 11. The van der Waals surface area contributed by atoms with E-state index in [1.165, 1.54) is 25.5 Å². The number of non-ortho nitro benzene ring substituents is 1. The van der Waals surface area contributed by atoms with Crippen molar-refractivity contribution in [2.45, 2.75) is 32.7 Å². The van der Waals surface area contributed by atoms with Gasteiger partial charge in [-0.15, -0.1) is 0 Å². The van der Waals surface area contributed by atoms with Crippen molar-refractivity contribution in [3.63, 3.8) is 0 Å². The van der Waals surface area contributed by atoms with Gasteiger partial charge < -0.3 is 34.7 Å². The standard InChI is InChI=1S/C31H33N5O9/c1-4-43-26-15-22(29-28(30(38)42-3)19(2)33-31(39)34-29)10-13-25(26)45-18-27(37)35-32-16-21-6-5-7-24(14-21)44-17-20-8-11-23(12-9-20)36(40)41/h5-16,27,29,35,37H,4,17-18H2,1-3H3,(H2,33,34,39)/b32-16+/t27-,29+/m0/s1. The number of nitrogens with zero attached hydrogens (tertiary/aromatic N) is 2. The third-order valence-electron chi connectivity index (χ3n) is 6.52. The highest BCUT2D eigenvalue weighted by molar-refractivity contribution is 5.95. The highest BCUT2D eigenvalue weighted by atomic mass is 16.6. The van der Waals surface area contributed by atoms with Gasteiger partial charge in [-0.25, -0.2) is 9.59 Å². The Bertz CT molecular complexity index is 1590. The lowest BCUT2D eigenvalue weighted by Crippen LogP contribution is -2.45. The molecule has 0 aliphatic carbocycles. The Morgan fingerprint density at radius 3 is 2.60 bits per heavy atom. The Labute approximate surface area is 258 Å². The second-order valence-electron chi connectivity index (χ2n) is 9.70. The summed E-state index contributed by atoms with van der Waals surface area (Å²) in [7, 11) is 1.26. The van der Waals surface area contributed by atoms with Gasteiger partial charge in [-0.2, -0.15) is 5.10 Å². The molecule has 1 heterocycles. The highest BCUT2D eigenvalue weighted by Crippen LogP contribution is 2.35. The first-order valence-corrected chi connectivity index (χ1v) is 13.9. The molecule has 4 N–H and O–H groups in total. The summed E-state index contributed by atoms with van der Waals surface area (Å²) in [6, 6.07) is 16.9. The van der Waals surface area contributed by atoms with Crippen molar-refractivity contribution in [1.29, 1.82) is 0 Å². The van der Waals surface area contributed by atoms with Crippen molar-refractivity contribution in [3.05, 3.63) is 105 Å². The summed E-state index contributed by atoms with van der Waals surface area (Å²) >= 11 is 0. The van der Waals surface area contributed by atoms with Gasteiger partial charge in [-0.1, -0.05) is 18.2 Å². The molecule has 0 spiro atoms. The van der Waals surface area contributed by atoms with Crippen LogP contribution in [0.15, 0.2) is 83.1 Å². The number of carbonyl (C=O) groups excluding carboxylic acids is 2. The van der Waals surface area contributed by atoms with E-state index in [0.29, 0.717) is 40.7 Å². The third kappa shape index (κ3) is 8.70. The van der Waals surface area contributed by atoms with Gasteiger partial charge in [0.25, 0.3) is 5.69 Å². The molecular weight excluding hydrogens is 586 g/mol. The summed E-state index contributed by atoms with van der Waals surface area (Å²) in [5, 5.41) is 30.6. The second-order valence-corrected chi connectivity index (χ2v) is 9.70. The minimum absolute atomic E-state index is 0.0110. The number of hydrazone groups is 1. The van der Waals surface area contributed by atoms with Crippen molar-refractivity contribution < 1.29 is 38.6 Å². The molecule has 4 rings (SSSR count). The van der Waals surface area contributed by atoms with Gasteiger partial charge in [0.1, 0.15) is 19.0 Å². The fourth-order valence-corrected chi connectivity index (χ4v) is 4.39. The number of urea groups is 1. The van der Waals surface area contributed by atoms with Gasteiger partial charge in [0.15, 0.2) is 17.7 Å². The molecule has 0 unspecified atom stereocenters. The summed E-state index contributed by atoms with van der Waals surface area (Å²) in [6.07, 6.45) is 0.335. The number of rotatable bonds is 14. The smallest absolute Gasteiger partial charge is 0.337 e. The molecule has 0 aromatic heterocycles. The number of aliphatic hydroxyl groups is 1. The Kier molecular flexibility index (Phi) is 10.9. The maximum Gasteiger partial charge on any atom is 0.337 e. The maximum absolute atomic E-state index is 12.4. The van der Waals surface area contributed by atoms with Gasteiger partial charge in [0.05, 0.1) is 36.5 Å². The SMILES string of the molecule is CCOc1cc([C@H]2NC(=O)NC(C)=C2C(=O)OC)ccc1OC[C@H](O)N/N=C/c1cccc(OCc2ccc([N+](=O)[O-])cc2)c1. The summed E-state index contributed by atoms with van der Waals surface area (Å²) < 4.78 is 22.2. The molecule has 0 saturated heterocycles. The van der Waals surface area contributed by atoms with Crippen LogP contribution in [0.2, 0.25) is 0 Å². The van der Waals surface area contributed by atoms with Crippen molar-refractivity contribution >= 4 is 23.9 Å². The van der Waals surface area contributed by atoms with Crippen LogP contribution in [0.1, 0.15) is 36.6 Å². The van der Waals surface area contributed by atoms with E-state index in [9.17, 15) is 24.8 Å². The average Bonchev–Trinajstić information content (AvgIpc) is 3.03. The zero-order chi connectivity index (χ0) is 32.3. The van der Waals surface area contributed by atoms with Crippen LogP contribution in [0.25, 0.3) is 0 Å². The van der Waals surface area contributed by atoms with E-state index in [1.54, 1.807) is 68.4 Å². The van der Waals surface area contributed by atoms with Crippen LogP contribution in [0.4, 0.5) is 10.5 Å². The normalized spacial score (nSPS) is 15.1. The van der Waals surface area contributed by atoms with Crippen LogP contribution in [-0.4, -0.2) is 54.8 Å². The fourth-order valence-electron chi connectivity index (χ4n) is 4.39. The van der Waals surface area contributed by atoms with Crippen LogP contribution in [-0.2, 0) is 16.1 Å². The number of nitrogens with one attached hydrogen (secondary N) is 3. The minimum atomic E-state index is -1.17. The molecule has 2 amide bonds. The molecule has 2 atom stereocenters. The van der Waals surface area contributed by atoms with Gasteiger partial charge in [0, 0.05) is 17.8 Å². The molecule has 3 aromatic rings. The largest absolute Gasteiger partial charge is 0.490 e. The number of carbonyl (C=O) groups is 2. The third-order valence-corrected chi connectivity index (χ3v) is 6.52.